The maximum Gasteiger partial charge on any atom is 0.239 e. The zero-order valence-corrected chi connectivity index (χ0v) is 13.2. The van der Waals surface area contributed by atoms with Crippen molar-refractivity contribution in [2.75, 3.05) is 20.8 Å². The molecule has 3 N–H and O–H groups in total. The second-order valence-electron chi connectivity index (χ2n) is 4.92. The van der Waals surface area contributed by atoms with E-state index in [9.17, 15) is 4.79 Å². The molecule has 0 radical (unpaired) electrons. The number of ether oxygens (including phenoxy) is 2. The molecular formula is C14H19BrN2O3. The number of benzene rings is 1. The highest BCUT2D eigenvalue weighted by molar-refractivity contribution is 9.10. The first-order valence-corrected chi connectivity index (χ1v) is 7.30. The molecule has 1 aliphatic rings. The minimum Gasteiger partial charge on any atom is -0.493 e. The van der Waals surface area contributed by atoms with Gasteiger partial charge in [0.1, 0.15) is 6.04 Å². The van der Waals surface area contributed by atoms with Crippen molar-refractivity contribution in [3.63, 3.8) is 0 Å². The van der Waals surface area contributed by atoms with Gasteiger partial charge in [-0.1, -0.05) is 15.9 Å². The number of carbonyl (C=O) groups is 1. The molecule has 20 heavy (non-hydrogen) atoms. The van der Waals surface area contributed by atoms with Crippen LogP contribution >= 0.6 is 15.9 Å². The van der Waals surface area contributed by atoms with Crippen molar-refractivity contribution in [2.24, 2.45) is 11.7 Å². The van der Waals surface area contributed by atoms with Gasteiger partial charge in [-0.25, -0.2) is 0 Å². The lowest BCUT2D eigenvalue weighted by Gasteiger charge is -2.19. The molecule has 1 aromatic rings. The van der Waals surface area contributed by atoms with Gasteiger partial charge < -0.3 is 20.5 Å². The van der Waals surface area contributed by atoms with E-state index in [4.69, 9.17) is 15.2 Å². The molecule has 0 heterocycles. The van der Waals surface area contributed by atoms with E-state index in [2.05, 4.69) is 21.2 Å². The Labute approximate surface area is 126 Å². The molecule has 0 aliphatic heterocycles. The SMILES string of the molecule is COc1cc(Br)c(C(NCC2CC2)C(N)=O)cc1OC. The van der Waals surface area contributed by atoms with Gasteiger partial charge in [-0.3, -0.25) is 4.79 Å². The van der Waals surface area contributed by atoms with E-state index in [0.29, 0.717) is 17.4 Å². The molecule has 0 saturated heterocycles. The quantitative estimate of drug-likeness (QED) is 0.794. The number of nitrogens with two attached hydrogens (primary N) is 1. The lowest BCUT2D eigenvalue weighted by Crippen LogP contribution is -2.35. The minimum atomic E-state index is -0.537. The van der Waals surface area contributed by atoms with Crippen molar-refractivity contribution in [3.8, 4) is 11.5 Å². The lowest BCUT2D eigenvalue weighted by atomic mass is 10.1. The van der Waals surface area contributed by atoms with Gasteiger partial charge in [0.25, 0.3) is 0 Å². The van der Waals surface area contributed by atoms with Gasteiger partial charge in [-0.15, -0.1) is 0 Å². The molecule has 110 valence electrons. The van der Waals surface area contributed by atoms with Gasteiger partial charge in [0.05, 0.1) is 14.2 Å². The van der Waals surface area contributed by atoms with Crippen molar-refractivity contribution in [2.45, 2.75) is 18.9 Å². The molecule has 0 spiro atoms. The van der Waals surface area contributed by atoms with Crippen molar-refractivity contribution in [1.82, 2.24) is 5.32 Å². The molecule has 1 saturated carbocycles. The van der Waals surface area contributed by atoms with Gasteiger partial charge >= 0.3 is 0 Å². The van der Waals surface area contributed by atoms with Crippen LogP contribution in [0.15, 0.2) is 16.6 Å². The van der Waals surface area contributed by atoms with Crippen LogP contribution in [0, 0.1) is 5.92 Å². The van der Waals surface area contributed by atoms with Crippen LogP contribution in [0.25, 0.3) is 0 Å². The number of methoxy groups -OCH3 is 2. The number of amides is 1. The molecule has 1 fully saturated rings. The average Bonchev–Trinajstić information content (AvgIpc) is 3.23. The van der Waals surface area contributed by atoms with Crippen LogP contribution in [-0.4, -0.2) is 26.7 Å². The first kappa shape index (κ1) is 15.1. The number of hydrogen-bond acceptors (Lipinski definition) is 4. The predicted molar refractivity (Wildman–Crippen MR) is 79.9 cm³/mol. The topological polar surface area (TPSA) is 73.6 Å². The van der Waals surface area contributed by atoms with Crippen LogP contribution in [0.1, 0.15) is 24.4 Å². The normalized spacial score (nSPS) is 15.8. The molecule has 2 rings (SSSR count). The fourth-order valence-electron chi connectivity index (χ4n) is 2.06. The van der Waals surface area contributed by atoms with E-state index in [0.717, 1.165) is 16.6 Å². The van der Waals surface area contributed by atoms with Crippen LogP contribution < -0.4 is 20.5 Å². The summed E-state index contributed by atoms with van der Waals surface area (Å²) in [5.74, 6) is 1.44. The highest BCUT2D eigenvalue weighted by Gasteiger charge is 2.26. The monoisotopic (exact) mass is 342 g/mol. The summed E-state index contributed by atoms with van der Waals surface area (Å²) in [5, 5.41) is 3.23. The van der Waals surface area contributed by atoms with E-state index in [1.54, 1.807) is 26.4 Å². The number of hydrogen-bond donors (Lipinski definition) is 2. The molecule has 0 bridgehead atoms. The van der Waals surface area contributed by atoms with Crippen molar-refractivity contribution in [1.29, 1.82) is 0 Å². The third-order valence-corrected chi connectivity index (χ3v) is 4.09. The summed E-state index contributed by atoms with van der Waals surface area (Å²) in [5.41, 5.74) is 6.27. The summed E-state index contributed by atoms with van der Waals surface area (Å²) in [4.78, 5) is 11.7. The number of rotatable bonds is 7. The van der Waals surface area contributed by atoms with Gasteiger partial charge in [-0.2, -0.15) is 0 Å². The maximum atomic E-state index is 11.7. The summed E-state index contributed by atoms with van der Waals surface area (Å²) in [6, 6.07) is 3.02. The molecule has 5 nitrogen and oxygen atoms in total. The molecule has 1 amide bonds. The Hall–Kier alpha value is -1.27. The minimum absolute atomic E-state index is 0.404. The van der Waals surface area contributed by atoms with E-state index in [-0.39, 0.29) is 0 Å². The highest BCUT2D eigenvalue weighted by atomic mass is 79.9. The summed E-state index contributed by atoms with van der Waals surface area (Å²) < 4.78 is 11.3. The van der Waals surface area contributed by atoms with E-state index in [1.807, 2.05) is 0 Å². The highest BCUT2D eigenvalue weighted by Crippen LogP contribution is 2.36. The van der Waals surface area contributed by atoms with Crippen LogP contribution in [0.2, 0.25) is 0 Å². The standard InChI is InChI=1S/C14H19BrN2O3/c1-19-11-5-9(10(15)6-12(11)20-2)13(14(16)18)17-7-8-3-4-8/h5-6,8,13,17H,3-4,7H2,1-2H3,(H2,16,18). The van der Waals surface area contributed by atoms with Crippen LogP contribution in [0.3, 0.4) is 0 Å². The van der Waals surface area contributed by atoms with E-state index in [1.165, 1.54) is 12.8 Å². The van der Waals surface area contributed by atoms with Crippen LogP contribution in [-0.2, 0) is 4.79 Å². The predicted octanol–water partition coefficient (Wildman–Crippen LogP) is 1.99. The van der Waals surface area contributed by atoms with Gasteiger partial charge in [0.2, 0.25) is 5.91 Å². The summed E-state index contributed by atoms with van der Waals surface area (Å²) >= 11 is 3.46. The van der Waals surface area contributed by atoms with Gasteiger partial charge in [-0.05, 0) is 43.0 Å². The van der Waals surface area contributed by atoms with E-state index >= 15 is 0 Å². The van der Waals surface area contributed by atoms with E-state index < -0.39 is 11.9 Å². The van der Waals surface area contributed by atoms with Crippen molar-refractivity contribution >= 4 is 21.8 Å². The second-order valence-corrected chi connectivity index (χ2v) is 5.77. The molecule has 6 heteroatoms. The Morgan fingerprint density at radius 1 is 1.40 bits per heavy atom. The van der Waals surface area contributed by atoms with Gasteiger partial charge in [0, 0.05) is 4.47 Å². The third kappa shape index (κ3) is 3.43. The molecule has 1 unspecified atom stereocenters. The Morgan fingerprint density at radius 2 is 2.00 bits per heavy atom. The zero-order chi connectivity index (χ0) is 14.7. The second kappa shape index (κ2) is 6.45. The largest absolute Gasteiger partial charge is 0.493 e. The molecule has 1 aromatic carbocycles. The fraction of sp³-hybridized carbons (Fsp3) is 0.500. The summed E-state index contributed by atoms with van der Waals surface area (Å²) in [6.07, 6.45) is 2.43. The first-order valence-electron chi connectivity index (χ1n) is 6.51. The van der Waals surface area contributed by atoms with Crippen LogP contribution in [0.4, 0.5) is 0 Å². The fourth-order valence-corrected chi connectivity index (χ4v) is 2.61. The molecule has 1 aliphatic carbocycles. The summed E-state index contributed by atoms with van der Waals surface area (Å²) in [6.45, 7) is 0.800. The maximum absolute atomic E-state index is 11.7. The third-order valence-electron chi connectivity index (χ3n) is 3.41. The Balaban J connectivity index is 2.28. The van der Waals surface area contributed by atoms with Crippen LogP contribution in [0.5, 0.6) is 11.5 Å². The average molecular weight is 343 g/mol. The smallest absolute Gasteiger partial charge is 0.239 e. The number of nitrogens with one attached hydrogen (secondary N) is 1. The van der Waals surface area contributed by atoms with Crippen molar-refractivity contribution < 1.29 is 14.3 Å². The number of halogens is 1. The summed E-state index contributed by atoms with van der Waals surface area (Å²) in [7, 11) is 3.13. The lowest BCUT2D eigenvalue weighted by molar-refractivity contribution is -0.120. The molecule has 0 aromatic heterocycles. The molecule has 1 atom stereocenters. The molecular weight excluding hydrogens is 324 g/mol. The number of primary amides is 1. The Morgan fingerprint density at radius 3 is 2.50 bits per heavy atom. The first-order chi connectivity index (χ1) is 9.56. The zero-order valence-electron chi connectivity index (χ0n) is 11.6. The van der Waals surface area contributed by atoms with Gasteiger partial charge in [0.15, 0.2) is 11.5 Å². The Bertz CT molecular complexity index is 503. The number of carbonyl (C=O) groups excluding carboxylic acids is 1. The van der Waals surface area contributed by atoms with Crippen molar-refractivity contribution in [3.05, 3.63) is 22.2 Å². The Kier molecular flexibility index (Phi) is 4.88.